The molecule has 170 valence electrons. The monoisotopic (exact) mass is 453 g/mol. The second-order valence-corrected chi connectivity index (χ2v) is 9.11. The molecule has 1 saturated heterocycles. The van der Waals surface area contributed by atoms with Crippen molar-refractivity contribution in [3.8, 4) is 5.75 Å². The summed E-state index contributed by atoms with van der Waals surface area (Å²) in [6.07, 6.45) is 3.39. The van der Waals surface area contributed by atoms with Crippen molar-refractivity contribution in [1.82, 2.24) is 14.3 Å². The molecule has 0 atom stereocenters. The fourth-order valence-corrected chi connectivity index (χ4v) is 4.07. The quantitative estimate of drug-likeness (QED) is 0.476. The van der Waals surface area contributed by atoms with Crippen LogP contribution in [0.25, 0.3) is 0 Å². The molecule has 1 fully saturated rings. The smallest absolute Gasteiger partial charge is 0.330 e. The van der Waals surface area contributed by atoms with Gasteiger partial charge in [0.2, 0.25) is 10.0 Å². The van der Waals surface area contributed by atoms with Crippen LogP contribution in [-0.4, -0.2) is 49.6 Å². The van der Waals surface area contributed by atoms with Crippen LogP contribution in [0.1, 0.15) is 24.8 Å². The zero-order valence-electron chi connectivity index (χ0n) is 17.1. The van der Waals surface area contributed by atoms with Crippen molar-refractivity contribution in [2.24, 2.45) is 0 Å². The van der Waals surface area contributed by atoms with Crippen LogP contribution in [0.5, 0.6) is 5.75 Å². The first-order valence-electron chi connectivity index (χ1n) is 10.1. The van der Waals surface area contributed by atoms with E-state index >= 15 is 0 Å². The summed E-state index contributed by atoms with van der Waals surface area (Å²) in [6, 6.07) is 8.58. The summed E-state index contributed by atoms with van der Waals surface area (Å²) in [5.41, 5.74) is -0.259. The first-order valence-corrected chi connectivity index (χ1v) is 11.7. The van der Waals surface area contributed by atoms with Gasteiger partial charge in [-0.3, -0.25) is 14.3 Å². The van der Waals surface area contributed by atoms with E-state index < -0.39 is 21.3 Å². The minimum atomic E-state index is -3.48. The molecule has 1 aromatic carbocycles. The molecule has 0 spiro atoms. The minimum Gasteiger partial charge on any atom is -0.490 e. The Kier molecular flexibility index (Phi) is 8.41. The molecular weight excluding hydrogens is 426 g/mol. The van der Waals surface area contributed by atoms with E-state index in [4.69, 9.17) is 14.2 Å². The Morgan fingerprint density at radius 3 is 2.77 bits per heavy atom. The lowest BCUT2D eigenvalue weighted by Gasteiger charge is -2.23. The number of nitrogens with one attached hydrogen (secondary N) is 2. The molecule has 0 aliphatic carbocycles. The Morgan fingerprint density at radius 1 is 1.19 bits per heavy atom. The summed E-state index contributed by atoms with van der Waals surface area (Å²) in [5, 5.41) is 0. The number of H-pyrrole nitrogens is 1. The van der Waals surface area contributed by atoms with Crippen molar-refractivity contribution in [2.75, 3.05) is 25.6 Å². The van der Waals surface area contributed by atoms with E-state index in [2.05, 4.69) is 9.71 Å². The predicted octanol–water partition coefficient (Wildman–Crippen LogP) is 0.578. The molecular formula is C20H27N3O7S. The van der Waals surface area contributed by atoms with Gasteiger partial charge in [0, 0.05) is 38.3 Å². The fraction of sp³-hybridized carbons (Fsp3) is 0.500. The molecule has 3 rings (SSSR count). The van der Waals surface area contributed by atoms with Crippen molar-refractivity contribution in [3.63, 3.8) is 0 Å². The van der Waals surface area contributed by atoms with Gasteiger partial charge in [-0.2, -0.15) is 0 Å². The van der Waals surface area contributed by atoms with Gasteiger partial charge in [-0.05, 0) is 24.1 Å². The number of aromatic nitrogens is 2. The fourth-order valence-electron chi connectivity index (χ4n) is 3.04. The van der Waals surface area contributed by atoms with Gasteiger partial charge in [-0.25, -0.2) is 17.9 Å². The molecule has 2 N–H and O–H groups in total. The summed E-state index contributed by atoms with van der Waals surface area (Å²) < 4.78 is 44.8. The zero-order valence-corrected chi connectivity index (χ0v) is 17.9. The van der Waals surface area contributed by atoms with Crippen LogP contribution < -0.4 is 20.7 Å². The highest BCUT2D eigenvalue weighted by Gasteiger charge is 2.15. The van der Waals surface area contributed by atoms with E-state index in [1.165, 1.54) is 16.8 Å². The number of rotatable bonds is 11. The van der Waals surface area contributed by atoms with Crippen LogP contribution in [-0.2, 0) is 32.8 Å². The highest BCUT2D eigenvalue weighted by Crippen LogP contribution is 2.19. The van der Waals surface area contributed by atoms with Gasteiger partial charge in [-0.1, -0.05) is 12.1 Å². The summed E-state index contributed by atoms with van der Waals surface area (Å²) in [7, 11) is -3.48. The van der Waals surface area contributed by atoms with Gasteiger partial charge in [0.25, 0.3) is 5.56 Å². The first kappa shape index (κ1) is 23.2. The molecule has 1 aliphatic rings. The molecule has 0 amide bonds. The van der Waals surface area contributed by atoms with E-state index in [0.717, 1.165) is 24.2 Å². The van der Waals surface area contributed by atoms with Crippen molar-refractivity contribution >= 4 is 10.0 Å². The average Bonchev–Trinajstić information content (AvgIpc) is 2.74. The van der Waals surface area contributed by atoms with Crippen molar-refractivity contribution in [1.29, 1.82) is 0 Å². The Morgan fingerprint density at radius 2 is 2.00 bits per heavy atom. The number of ether oxygens (including phenoxy) is 3. The summed E-state index contributed by atoms with van der Waals surface area (Å²) in [4.78, 5) is 24.6. The highest BCUT2D eigenvalue weighted by atomic mass is 32.2. The topological polar surface area (TPSA) is 129 Å². The van der Waals surface area contributed by atoms with Gasteiger partial charge in [-0.15, -0.1) is 0 Å². The number of aromatic amines is 1. The predicted molar refractivity (Wildman–Crippen MR) is 113 cm³/mol. The number of nitrogens with zero attached hydrogens (tertiary/aromatic N) is 1. The molecule has 0 radical (unpaired) electrons. The second kappa shape index (κ2) is 11.2. The lowest BCUT2D eigenvalue weighted by atomic mass is 10.1. The van der Waals surface area contributed by atoms with Crippen LogP contribution in [0, 0.1) is 0 Å². The molecule has 1 aromatic heterocycles. The van der Waals surface area contributed by atoms with Gasteiger partial charge in [0.15, 0.2) is 0 Å². The molecule has 11 heteroatoms. The molecule has 2 heterocycles. The van der Waals surface area contributed by atoms with Crippen LogP contribution in [0.3, 0.4) is 0 Å². The lowest BCUT2D eigenvalue weighted by Crippen LogP contribution is -2.29. The van der Waals surface area contributed by atoms with Crippen molar-refractivity contribution in [3.05, 3.63) is 62.9 Å². The van der Waals surface area contributed by atoms with Crippen LogP contribution in [0.15, 0.2) is 46.1 Å². The molecule has 2 aromatic rings. The first-order chi connectivity index (χ1) is 14.9. The standard InChI is InChI=1S/C20H27N3O7S/c24-19-5-8-23(20(25)22-19)15-29-9-2-12-31(26,27)21-14-16-3-1-4-18(13-16)30-17-6-10-28-11-7-17/h1,3-5,8,13,17,21H,2,6-7,9-12,14-15H2,(H,22,24,25). The SMILES string of the molecule is O=c1ccn(COCCCS(=O)(=O)NCc2cccc(OC3CCOCC3)c2)c(=O)[nH]1. The summed E-state index contributed by atoms with van der Waals surface area (Å²) in [6.45, 7) is 1.63. The van der Waals surface area contributed by atoms with Gasteiger partial charge >= 0.3 is 5.69 Å². The third kappa shape index (κ3) is 7.94. The Bertz CT molecular complexity index is 1060. The molecule has 10 nitrogen and oxygen atoms in total. The van der Waals surface area contributed by atoms with Crippen molar-refractivity contribution < 1.29 is 22.6 Å². The Balaban J connectivity index is 1.39. The molecule has 31 heavy (non-hydrogen) atoms. The second-order valence-electron chi connectivity index (χ2n) is 7.19. The van der Waals surface area contributed by atoms with E-state index in [9.17, 15) is 18.0 Å². The van der Waals surface area contributed by atoms with Gasteiger partial charge < -0.3 is 14.2 Å². The van der Waals surface area contributed by atoms with Crippen LogP contribution >= 0.6 is 0 Å². The minimum absolute atomic E-state index is 0.0665. The Labute approximate surface area is 180 Å². The maximum atomic E-state index is 12.2. The van der Waals surface area contributed by atoms with Gasteiger partial charge in [0.1, 0.15) is 18.6 Å². The number of sulfonamides is 1. The van der Waals surface area contributed by atoms with Gasteiger partial charge in [0.05, 0.1) is 19.0 Å². The summed E-state index contributed by atoms with van der Waals surface area (Å²) in [5.74, 6) is 0.612. The third-order valence-electron chi connectivity index (χ3n) is 4.69. The van der Waals surface area contributed by atoms with E-state index in [-0.39, 0.29) is 38.2 Å². The highest BCUT2D eigenvalue weighted by molar-refractivity contribution is 7.89. The van der Waals surface area contributed by atoms with E-state index in [1.54, 1.807) is 0 Å². The molecule has 1 aliphatic heterocycles. The van der Waals surface area contributed by atoms with E-state index in [1.807, 2.05) is 24.3 Å². The van der Waals surface area contributed by atoms with Crippen molar-refractivity contribution in [2.45, 2.75) is 38.6 Å². The summed E-state index contributed by atoms with van der Waals surface area (Å²) >= 11 is 0. The molecule has 0 bridgehead atoms. The maximum Gasteiger partial charge on any atom is 0.330 e. The number of hydrogen-bond acceptors (Lipinski definition) is 7. The van der Waals surface area contributed by atoms with E-state index in [0.29, 0.717) is 13.2 Å². The average molecular weight is 454 g/mol. The lowest BCUT2D eigenvalue weighted by molar-refractivity contribution is 0.0255. The zero-order chi connectivity index (χ0) is 22.1. The molecule has 0 saturated carbocycles. The third-order valence-corrected chi connectivity index (χ3v) is 6.10. The number of hydrogen-bond donors (Lipinski definition) is 2. The van der Waals surface area contributed by atoms with Crippen LogP contribution in [0.4, 0.5) is 0 Å². The maximum absolute atomic E-state index is 12.2. The van der Waals surface area contributed by atoms with Crippen LogP contribution in [0.2, 0.25) is 0 Å². The largest absolute Gasteiger partial charge is 0.490 e. The number of benzene rings is 1. The Hall–Kier alpha value is -2.47. The normalized spacial score (nSPS) is 15.1. The molecule has 0 unspecified atom stereocenters.